The van der Waals surface area contributed by atoms with Crippen molar-refractivity contribution in [2.45, 2.75) is 44.5 Å². The van der Waals surface area contributed by atoms with Crippen LogP contribution >= 0.6 is 0 Å². The van der Waals surface area contributed by atoms with Gasteiger partial charge in [0.05, 0.1) is 0 Å². The lowest BCUT2D eigenvalue weighted by molar-refractivity contribution is -0.248. The molecule has 0 radical (unpaired) electrons. The zero-order chi connectivity index (χ0) is 26.0. The molecule has 2 rings (SSSR count). The van der Waals surface area contributed by atoms with Crippen molar-refractivity contribution in [2.24, 2.45) is 0 Å². The van der Waals surface area contributed by atoms with Crippen molar-refractivity contribution in [1.29, 1.82) is 0 Å². The third kappa shape index (κ3) is 8.06. The van der Waals surface area contributed by atoms with Gasteiger partial charge in [0.1, 0.15) is 37.3 Å². The molecule has 2 aromatic rings. The first-order valence-corrected chi connectivity index (χ1v) is 11.1. The van der Waals surface area contributed by atoms with Crippen LogP contribution in [0, 0.1) is 0 Å². The molecule has 8 heteroatoms. The molecule has 0 amide bonds. The van der Waals surface area contributed by atoms with Gasteiger partial charge in [-0.1, -0.05) is 51.3 Å². The quantitative estimate of drug-likeness (QED) is 0.182. The van der Waals surface area contributed by atoms with Crippen LogP contribution in [0.25, 0.3) is 0 Å². The Hall–Kier alpha value is -3.46. The average Bonchev–Trinajstić information content (AvgIpc) is 2.88. The summed E-state index contributed by atoms with van der Waals surface area (Å²) in [5.74, 6) is -0.186. The van der Waals surface area contributed by atoms with Crippen LogP contribution in [0.3, 0.4) is 0 Å². The Balaban J connectivity index is 1.94. The minimum absolute atomic E-state index is 0.0438. The first-order valence-electron chi connectivity index (χ1n) is 11.1. The van der Waals surface area contributed by atoms with Crippen molar-refractivity contribution in [1.82, 2.24) is 0 Å². The predicted octanol–water partition coefficient (Wildman–Crippen LogP) is 3.30. The monoisotopic (exact) mass is 484 g/mol. The lowest BCUT2D eigenvalue weighted by Gasteiger charge is -2.26. The van der Waals surface area contributed by atoms with Gasteiger partial charge >= 0.3 is 5.97 Å². The summed E-state index contributed by atoms with van der Waals surface area (Å²) in [4.78, 5) is 33.0. The Kier molecular flexibility index (Phi) is 10.2. The Bertz CT molecular complexity index is 995. The van der Waals surface area contributed by atoms with Crippen LogP contribution in [0.5, 0.6) is 11.5 Å². The number of carbonyl (C=O) groups excluding carboxylic acids is 2. The van der Waals surface area contributed by atoms with Crippen LogP contribution in [0.1, 0.15) is 31.9 Å². The molecule has 3 atom stereocenters. The van der Waals surface area contributed by atoms with Gasteiger partial charge in [-0.25, -0.2) is 4.79 Å². The molecule has 0 spiro atoms. The van der Waals surface area contributed by atoms with E-state index in [0.29, 0.717) is 11.5 Å². The van der Waals surface area contributed by atoms with E-state index in [2.05, 4.69) is 27.0 Å². The average molecular weight is 485 g/mol. The molecule has 0 aromatic heterocycles. The standard InChI is InChI=1S/C27H32O8/c1-6-23(28)26(31)24(29)17-32-21-12-8-19(9-13-21)27(4,5)20-10-14-22(15-11-20)35-34-18(3)16-33-25(30)7-2/h6-15,18,24,26,29,31H,1-2,16-17H2,3-5H3. The zero-order valence-corrected chi connectivity index (χ0v) is 20.2. The predicted molar refractivity (Wildman–Crippen MR) is 130 cm³/mol. The maximum atomic E-state index is 11.4. The van der Waals surface area contributed by atoms with Crippen LogP contribution < -0.4 is 9.62 Å². The van der Waals surface area contributed by atoms with Crippen molar-refractivity contribution in [3.8, 4) is 11.5 Å². The third-order valence-corrected chi connectivity index (χ3v) is 5.37. The molecule has 8 nitrogen and oxygen atoms in total. The number of carbonyl (C=O) groups is 2. The number of ketones is 1. The summed E-state index contributed by atoms with van der Waals surface area (Å²) in [6.07, 6.45) is -1.34. The molecular formula is C27H32O8. The van der Waals surface area contributed by atoms with Crippen LogP contribution in [0.2, 0.25) is 0 Å². The van der Waals surface area contributed by atoms with Crippen LogP contribution in [0.15, 0.2) is 73.8 Å². The molecule has 0 saturated carbocycles. The van der Waals surface area contributed by atoms with Gasteiger partial charge in [0.25, 0.3) is 0 Å². The van der Waals surface area contributed by atoms with E-state index in [1.165, 1.54) is 0 Å². The number of hydrogen-bond acceptors (Lipinski definition) is 8. The van der Waals surface area contributed by atoms with E-state index < -0.39 is 30.1 Å². The van der Waals surface area contributed by atoms with Gasteiger partial charge < -0.3 is 24.6 Å². The van der Waals surface area contributed by atoms with Gasteiger partial charge in [-0.3, -0.25) is 4.79 Å². The number of aliphatic hydroxyl groups is 2. The highest BCUT2D eigenvalue weighted by Gasteiger charge is 2.24. The molecule has 0 heterocycles. The van der Waals surface area contributed by atoms with E-state index in [1.54, 1.807) is 31.2 Å². The molecule has 35 heavy (non-hydrogen) atoms. The van der Waals surface area contributed by atoms with E-state index >= 15 is 0 Å². The molecule has 2 N–H and O–H groups in total. The Morgan fingerprint density at radius 2 is 1.46 bits per heavy atom. The van der Waals surface area contributed by atoms with Crippen LogP contribution in [-0.4, -0.2) is 53.5 Å². The highest BCUT2D eigenvalue weighted by atomic mass is 17.2. The lowest BCUT2D eigenvalue weighted by atomic mass is 9.78. The molecule has 2 aromatic carbocycles. The molecule has 0 aliphatic rings. The minimum Gasteiger partial charge on any atom is -0.491 e. The molecule has 0 aliphatic heterocycles. The number of hydrogen-bond donors (Lipinski definition) is 2. The van der Waals surface area contributed by atoms with Crippen molar-refractivity contribution in [3.63, 3.8) is 0 Å². The van der Waals surface area contributed by atoms with Crippen molar-refractivity contribution >= 4 is 11.8 Å². The van der Waals surface area contributed by atoms with Gasteiger partial charge in [0.2, 0.25) is 0 Å². The van der Waals surface area contributed by atoms with Gasteiger partial charge in [0.15, 0.2) is 11.5 Å². The maximum absolute atomic E-state index is 11.4. The zero-order valence-electron chi connectivity index (χ0n) is 20.2. The van der Waals surface area contributed by atoms with Gasteiger partial charge in [-0.05, 0) is 48.4 Å². The fourth-order valence-corrected chi connectivity index (χ4v) is 3.07. The lowest BCUT2D eigenvalue weighted by Crippen LogP contribution is -2.37. The normalized spacial score (nSPS) is 13.7. The highest BCUT2D eigenvalue weighted by Crippen LogP contribution is 2.33. The number of rotatable bonds is 14. The van der Waals surface area contributed by atoms with E-state index in [9.17, 15) is 19.8 Å². The summed E-state index contributed by atoms with van der Waals surface area (Å²) in [7, 11) is 0. The van der Waals surface area contributed by atoms with E-state index in [1.807, 2.05) is 24.3 Å². The summed E-state index contributed by atoms with van der Waals surface area (Å²) in [6, 6.07) is 14.8. The molecule has 0 fully saturated rings. The van der Waals surface area contributed by atoms with Gasteiger partial charge in [-0.15, -0.1) is 0 Å². The minimum atomic E-state index is -1.57. The van der Waals surface area contributed by atoms with Crippen LogP contribution in [0.4, 0.5) is 0 Å². The summed E-state index contributed by atoms with van der Waals surface area (Å²) < 4.78 is 10.4. The number of aliphatic hydroxyl groups excluding tert-OH is 2. The molecular weight excluding hydrogens is 452 g/mol. The summed E-state index contributed by atoms with van der Waals surface area (Å²) in [5.41, 5.74) is 1.72. The van der Waals surface area contributed by atoms with E-state index in [4.69, 9.17) is 19.2 Å². The van der Waals surface area contributed by atoms with Crippen molar-refractivity contribution in [2.75, 3.05) is 13.2 Å². The van der Waals surface area contributed by atoms with Gasteiger partial charge in [-0.2, -0.15) is 4.89 Å². The largest absolute Gasteiger partial charge is 0.491 e. The molecule has 0 saturated heterocycles. The first kappa shape index (κ1) is 27.8. The SMILES string of the molecule is C=CC(=O)OCC(C)OOc1ccc(C(C)(C)c2ccc(OCC(O)C(O)C(=O)C=C)cc2)cc1. The summed E-state index contributed by atoms with van der Waals surface area (Å²) in [6.45, 7) is 12.3. The fraction of sp³-hybridized carbons (Fsp3) is 0.333. The Labute approximate surface area is 205 Å². The van der Waals surface area contributed by atoms with E-state index in [0.717, 1.165) is 23.3 Å². The molecule has 188 valence electrons. The second-order valence-electron chi connectivity index (χ2n) is 8.43. The Morgan fingerprint density at radius 1 is 0.914 bits per heavy atom. The van der Waals surface area contributed by atoms with Crippen molar-refractivity contribution in [3.05, 3.63) is 85.0 Å². The summed E-state index contributed by atoms with van der Waals surface area (Å²) >= 11 is 0. The third-order valence-electron chi connectivity index (χ3n) is 5.37. The molecule has 0 bridgehead atoms. The second kappa shape index (κ2) is 12.9. The van der Waals surface area contributed by atoms with Gasteiger partial charge in [0, 0.05) is 11.5 Å². The maximum Gasteiger partial charge on any atom is 0.330 e. The topological polar surface area (TPSA) is 112 Å². The Morgan fingerprint density at radius 3 is 1.97 bits per heavy atom. The van der Waals surface area contributed by atoms with Crippen molar-refractivity contribution < 1.29 is 39.1 Å². The second-order valence-corrected chi connectivity index (χ2v) is 8.43. The highest BCUT2D eigenvalue weighted by molar-refractivity contribution is 5.93. The van der Waals surface area contributed by atoms with Crippen LogP contribution in [-0.2, 0) is 24.6 Å². The summed E-state index contributed by atoms with van der Waals surface area (Å²) in [5, 5.41) is 19.6. The number of esters is 1. The smallest absolute Gasteiger partial charge is 0.330 e. The van der Waals surface area contributed by atoms with E-state index in [-0.39, 0.29) is 18.6 Å². The molecule has 3 unspecified atom stereocenters. The first-order chi connectivity index (χ1) is 16.6. The fourth-order valence-electron chi connectivity index (χ4n) is 3.07. The number of ether oxygens (including phenoxy) is 2. The number of benzene rings is 2. The molecule has 0 aliphatic carbocycles.